The summed E-state index contributed by atoms with van der Waals surface area (Å²) >= 11 is 0. The van der Waals surface area contributed by atoms with E-state index in [9.17, 15) is 9.59 Å². The molecule has 0 aliphatic carbocycles. The van der Waals surface area contributed by atoms with Crippen molar-refractivity contribution >= 4 is 11.8 Å². The molecule has 20 heavy (non-hydrogen) atoms. The lowest BCUT2D eigenvalue weighted by atomic mass is 10.0. The molecule has 0 spiro atoms. The van der Waals surface area contributed by atoms with Gasteiger partial charge in [0, 0.05) is 13.6 Å². The van der Waals surface area contributed by atoms with E-state index < -0.39 is 0 Å². The van der Waals surface area contributed by atoms with Gasteiger partial charge in [0.15, 0.2) is 0 Å². The number of rotatable bonds is 6. The standard InChI is InChI=1S/C15H23N3O2/c1-11(2)13-6-4-12(5-7-13)10-18(3)15(20)9-17-14(19)8-16/h4-7,11H,8-10,16H2,1-3H3,(H,17,19). The molecule has 0 unspecified atom stereocenters. The van der Waals surface area contributed by atoms with E-state index in [0.29, 0.717) is 12.5 Å². The maximum Gasteiger partial charge on any atom is 0.242 e. The maximum atomic E-state index is 11.8. The molecule has 1 aromatic rings. The van der Waals surface area contributed by atoms with Gasteiger partial charge in [-0.1, -0.05) is 38.1 Å². The van der Waals surface area contributed by atoms with E-state index >= 15 is 0 Å². The summed E-state index contributed by atoms with van der Waals surface area (Å²) < 4.78 is 0. The van der Waals surface area contributed by atoms with E-state index in [0.717, 1.165) is 5.56 Å². The van der Waals surface area contributed by atoms with Crippen LogP contribution in [0.25, 0.3) is 0 Å². The Balaban J connectivity index is 2.50. The largest absolute Gasteiger partial charge is 0.346 e. The van der Waals surface area contributed by atoms with E-state index in [1.54, 1.807) is 11.9 Å². The van der Waals surface area contributed by atoms with Crippen molar-refractivity contribution < 1.29 is 9.59 Å². The molecule has 0 fully saturated rings. The molecule has 0 saturated heterocycles. The van der Waals surface area contributed by atoms with Crippen molar-refractivity contribution in [3.8, 4) is 0 Å². The van der Waals surface area contributed by atoms with Crippen LogP contribution in [0.2, 0.25) is 0 Å². The van der Waals surface area contributed by atoms with E-state index in [1.807, 2.05) is 12.1 Å². The van der Waals surface area contributed by atoms with E-state index in [1.165, 1.54) is 5.56 Å². The van der Waals surface area contributed by atoms with Crippen molar-refractivity contribution in [2.24, 2.45) is 5.73 Å². The molecule has 0 aromatic heterocycles. The smallest absolute Gasteiger partial charge is 0.242 e. The zero-order valence-corrected chi connectivity index (χ0v) is 12.3. The van der Waals surface area contributed by atoms with Crippen LogP contribution in [0.15, 0.2) is 24.3 Å². The first kappa shape index (κ1) is 16.2. The number of hydrogen-bond acceptors (Lipinski definition) is 3. The summed E-state index contributed by atoms with van der Waals surface area (Å²) in [6, 6.07) is 8.21. The summed E-state index contributed by atoms with van der Waals surface area (Å²) in [4.78, 5) is 24.4. The first-order valence-corrected chi connectivity index (χ1v) is 6.73. The molecule has 3 N–H and O–H groups in total. The highest BCUT2D eigenvalue weighted by atomic mass is 16.2. The van der Waals surface area contributed by atoms with Gasteiger partial charge in [-0.05, 0) is 17.0 Å². The topological polar surface area (TPSA) is 75.4 Å². The number of likely N-dealkylation sites (N-methyl/N-ethyl adjacent to an activating group) is 1. The molecule has 110 valence electrons. The Morgan fingerprint density at radius 2 is 1.85 bits per heavy atom. The quantitative estimate of drug-likeness (QED) is 0.809. The normalized spacial score (nSPS) is 10.4. The SMILES string of the molecule is CC(C)c1ccc(CN(C)C(=O)CNC(=O)CN)cc1. The van der Waals surface area contributed by atoms with Crippen LogP contribution < -0.4 is 11.1 Å². The predicted octanol–water partition coefficient (Wildman–Crippen LogP) is 0.843. The Morgan fingerprint density at radius 1 is 1.25 bits per heavy atom. The summed E-state index contributed by atoms with van der Waals surface area (Å²) in [7, 11) is 1.72. The highest BCUT2D eigenvalue weighted by molar-refractivity contribution is 5.85. The zero-order chi connectivity index (χ0) is 15.1. The molecular weight excluding hydrogens is 254 g/mol. The minimum Gasteiger partial charge on any atom is -0.346 e. The average Bonchev–Trinajstić information content (AvgIpc) is 2.44. The number of nitrogens with two attached hydrogens (primary N) is 1. The van der Waals surface area contributed by atoms with Gasteiger partial charge < -0.3 is 16.0 Å². The van der Waals surface area contributed by atoms with Crippen molar-refractivity contribution in [2.45, 2.75) is 26.3 Å². The molecule has 2 amide bonds. The van der Waals surface area contributed by atoms with Crippen LogP contribution in [0, 0.1) is 0 Å². The molecule has 1 aromatic carbocycles. The van der Waals surface area contributed by atoms with Crippen LogP contribution in [0.1, 0.15) is 30.9 Å². The molecule has 0 heterocycles. The number of hydrogen-bond donors (Lipinski definition) is 2. The Kier molecular flexibility index (Phi) is 6.18. The summed E-state index contributed by atoms with van der Waals surface area (Å²) in [6.07, 6.45) is 0. The van der Waals surface area contributed by atoms with Gasteiger partial charge in [-0.15, -0.1) is 0 Å². The fraction of sp³-hybridized carbons (Fsp3) is 0.467. The molecule has 5 nitrogen and oxygen atoms in total. The molecule has 0 aliphatic rings. The van der Waals surface area contributed by atoms with Crippen LogP contribution in [0.3, 0.4) is 0 Å². The van der Waals surface area contributed by atoms with Crippen molar-refractivity contribution in [1.82, 2.24) is 10.2 Å². The van der Waals surface area contributed by atoms with Crippen LogP contribution >= 0.6 is 0 Å². The monoisotopic (exact) mass is 277 g/mol. The summed E-state index contributed by atoms with van der Waals surface area (Å²) in [5.74, 6) is 0.0302. The second-order valence-electron chi connectivity index (χ2n) is 5.13. The predicted molar refractivity (Wildman–Crippen MR) is 79.1 cm³/mol. The van der Waals surface area contributed by atoms with E-state index in [-0.39, 0.29) is 24.9 Å². The molecule has 5 heteroatoms. The Bertz CT molecular complexity index is 455. The molecule has 0 atom stereocenters. The minimum absolute atomic E-state index is 0.0173. The van der Waals surface area contributed by atoms with Crippen molar-refractivity contribution in [3.05, 3.63) is 35.4 Å². The third-order valence-electron chi connectivity index (χ3n) is 3.11. The van der Waals surface area contributed by atoms with E-state index in [2.05, 4.69) is 31.3 Å². The van der Waals surface area contributed by atoms with Gasteiger partial charge in [0.05, 0.1) is 13.1 Å². The number of carbonyl (C=O) groups excluding carboxylic acids is 2. The van der Waals surface area contributed by atoms with Crippen molar-refractivity contribution in [3.63, 3.8) is 0 Å². The summed E-state index contributed by atoms with van der Waals surface area (Å²) in [5.41, 5.74) is 7.50. The summed E-state index contributed by atoms with van der Waals surface area (Å²) in [6.45, 7) is 4.69. The number of amides is 2. The number of nitrogens with one attached hydrogen (secondary N) is 1. The first-order chi connectivity index (χ1) is 9.43. The van der Waals surface area contributed by atoms with Crippen molar-refractivity contribution in [1.29, 1.82) is 0 Å². The van der Waals surface area contributed by atoms with Gasteiger partial charge in [-0.25, -0.2) is 0 Å². The van der Waals surface area contributed by atoms with Crippen molar-refractivity contribution in [2.75, 3.05) is 20.1 Å². The average molecular weight is 277 g/mol. The third kappa shape index (κ3) is 5.01. The highest BCUT2D eigenvalue weighted by Crippen LogP contribution is 2.15. The second-order valence-corrected chi connectivity index (χ2v) is 5.13. The van der Waals surface area contributed by atoms with Gasteiger partial charge in [0.1, 0.15) is 0 Å². The Morgan fingerprint density at radius 3 is 2.35 bits per heavy atom. The fourth-order valence-corrected chi connectivity index (χ4v) is 1.75. The summed E-state index contributed by atoms with van der Waals surface area (Å²) in [5, 5.41) is 2.47. The van der Waals surface area contributed by atoms with Crippen LogP contribution in [0.4, 0.5) is 0 Å². The van der Waals surface area contributed by atoms with Gasteiger partial charge >= 0.3 is 0 Å². The molecule has 0 saturated carbocycles. The van der Waals surface area contributed by atoms with Crippen LogP contribution in [-0.4, -0.2) is 36.9 Å². The van der Waals surface area contributed by atoms with E-state index in [4.69, 9.17) is 5.73 Å². The Labute approximate surface area is 120 Å². The second kappa shape index (κ2) is 7.65. The number of benzene rings is 1. The fourth-order valence-electron chi connectivity index (χ4n) is 1.75. The highest BCUT2D eigenvalue weighted by Gasteiger charge is 2.10. The minimum atomic E-state index is -0.326. The molecule has 0 bridgehead atoms. The number of carbonyl (C=O) groups is 2. The van der Waals surface area contributed by atoms with Gasteiger partial charge in [0.2, 0.25) is 11.8 Å². The first-order valence-electron chi connectivity index (χ1n) is 6.73. The maximum absolute atomic E-state index is 11.8. The third-order valence-corrected chi connectivity index (χ3v) is 3.11. The van der Waals surface area contributed by atoms with Gasteiger partial charge in [-0.2, -0.15) is 0 Å². The molecule has 0 radical (unpaired) electrons. The molecule has 0 aliphatic heterocycles. The lowest BCUT2D eigenvalue weighted by Gasteiger charge is -2.18. The zero-order valence-electron chi connectivity index (χ0n) is 12.3. The Hall–Kier alpha value is -1.88. The molecule has 1 rings (SSSR count). The lowest BCUT2D eigenvalue weighted by molar-refractivity contribution is -0.131. The van der Waals surface area contributed by atoms with Gasteiger partial charge in [-0.3, -0.25) is 9.59 Å². The lowest BCUT2D eigenvalue weighted by Crippen LogP contribution is -2.40. The van der Waals surface area contributed by atoms with Crippen LogP contribution in [-0.2, 0) is 16.1 Å². The van der Waals surface area contributed by atoms with Crippen LogP contribution in [0.5, 0.6) is 0 Å². The number of nitrogens with zero attached hydrogens (tertiary/aromatic N) is 1. The molecular formula is C15H23N3O2. The van der Waals surface area contributed by atoms with Gasteiger partial charge in [0.25, 0.3) is 0 Å².